The first kappa shape index (κ1) is 15.8. The number of amides is 1. The first-order valence-electron chi connectivity index (χ1n) is 8.42. The molecule has 2 aliphatic rings. The zero-order valence-corrected chi connectivity index (χ0v) is 13.0. The predicted molar refractivity (Wildman–Crippen MR) is 82.4 cm³/mol. The molecule has 0 aromatic carbocycles. The maximum absolute atomic E-state index is 12.5. The average molecular weight is 281 g/mol. The van der Waals surface area contributed by atoms with E-state index in [1.54, 1.807) is 0 Å². The second-order valence-electron chi connectivity index (χ2n) is 6.62. The molecule has 2 rings (SSSR count). The summed E-state index contributed by atoms with van der Waals surface area (Å²) >= 11 is 0. The van der Waals surface area contributed by atoms with Crippen molar-refractivity contribution in [1.29, 1.82) is 0 Å². The highest BCUT2D eigenvalue weighted by molar-refractivity contribution is 5.79. The van der Waals surface area contributed by atoms with Gasteiger partial charge in [-0.05, 0) is 57.5 Å². The number of unbranched alkanes of at least 4 members (excludes halogenated alkanes) is 1. The first-order chi connectivity index (χ1) is 9.70. The summed E-state index contributed by atoms with van der Waals surface area (Å²) in [6, 6.07) is 0. The Morgan fingerprint density at radius 2 is 1.70 bits per heavy atom. The van der Waals surface area contributed by atoms with E-state index in [1.807, 2.05) is 0 Å². The van der Waals surface area contributed by atoms with Crippen molar-refractivity contribution < 1.29 is 4.79 Å². The van der Waals surface area contributed by atoms with Crippen LogP contribution >= 0.6 is 0 Å². The number of nitrogens with zero attached hydrogens (tertiary/aromatic N) is 2. The Balaban J connectivity index is 1.69. The van der Waals surface area contributed by atoms with Gasteiger partial charge in [0, 0.05) is 32.1 Å². The minimum atomic E-state index is 0.315. The number of carbonyl (C=O) groups is 1. The van der Waals surface area contributed by atoms with E-state index in [4.69, 9.17) is 5.73 Å². The molecule has 0 bridgehead atoms. The molecule has 1 heterocycles. The molecule has 4 heteroatoms. The van der Waals surface area contributed by atoms with Crippen molar-refractivity contribution in [1.82, 2.24) is 9.80 Å². The third kappa shape index (κ3) is 4.45. The summed E-state index contributed by atoms with van der Waals surface area (Å²) in [5, 5.41) is 0. The third-order valence-electron chi connectivity index (χ3n) is 4.98. The quantitative estimate of drug-likeness (QED) is 0.780. The molecule has 116 valence electrons. The standard InChI is InChI=1S/C16H31N3O/c1-14-4-6-15(7-5-14)16(20)19-12-10-18(11-13-19)9-3-2-8-17/h14-15H,2-13,17H2,1H3. The molecule has 0 aromatic heterocycles. The van der Waals surface area contributed by atoms with Crippen molar-refractivity contribution in [3.8, 4) is 0 Å². The fraction of sp³-hybridized carbons (Fsp3) is 0.938. The van der Waals surface area contributed by atoms with Crippen molar-refractivity contribution in [2.75, 3.05) is 39.3 Å². The number of piperazine rings is 1. The van der Waals surface area contributed by atoms with Crippen molar-refractivity contribution in [2.45, 2.75) is 45.4 Å². The average Bonchev–Trinajstić information content (AvgIpc) is 2.48. The van der Waals surface area contributed by atoms with E-state index in [-0.39, 0.29) is 0 Å². The molecule has 1 aliphatic heterocycles. The SMILES string of the molecule is CC1CCC(C(=O)N2CCN(CCCCN)CC2)CC1. The van der Waals surface area contributed by atoms with Crippen LogP contribution in [0.2, 0.25) is 0 Å². The van der Waals surface area contributed by atoms with E-state index < -0.39 is 0 Å². The lowest BCUT2D eigenvalue weighted by Gasteiger charge is -2.37. The Morgan fingerprint density at radius 3 is 2.30 bits per heavy atom. The van der Waals surface area contributed by atoms with Gasteiger partial charge in [0.05, 0.1) is 0 Å². The van der Waals surface area contributed by atoms with Crippen LogP contribution in [0.4, 0.5) is 0 Å². The molecule has 1 saturated heterocycles. The van der Waals surface area contributed by atoms with Gasteiger partial charge in [-0.15, -0.1) is 0 Å². The fourth-order valence-electron chi connectivity index (χ4n) is 3.44. The van der Waals surface area contributed by atoms with Crippen molar-refractivity contribution in [3.63, 3.8) is 0 Å². The van der Waals surface area contributed by atoms with Gasteiger partial charge in [-0.1, -0.05) is 6.92 Å². The van der Waals surface area contributed by atoms with Crippen LogP contribution in [0.25, 0.3) is 0 Å². The Kier molecular flexibility index (Phi) is 6.30. The summed E-state index contributed by atoms with van der Waals surface area (Å²) < 4.78 is 0. The van der Waals surface area contributed by atoms with Gasteiger partial charge in [0.25, 0.3) is 0 Å². The van der Waals surface area contributed by atoms with Gasteiger partial charge in [0.15, 0.2) is 0 Å². The summed E-state index contributed by atoms with van der Waals surface area (Å²) in [5.74, 6) is 1.56. The van der Waals surface area contributed by atoms with Crippen LogP contribution in [-0.4, -0.2) is 55.0 Å². The van der Waals surface area contributed by atoms with Crippen LogP contribution in [0.5, 0.6) is 0 Å². The maximum Gasteiger partial charge on any atom is 0.225 e. The number of carbonyl (C=O) groups excluding carboxylic acids is 1. The van der Waals surface area contributed by atoms with Gasteiger partial charge in [0.1, 0.15) is 0 Å². The van der Waals surface area contributed by atoms with Gasteiger partial charge >= 0.3 is 0 Å². The molecular formula is C16H31N3O. The summed E-state index contributed by atoms with van der Waals surface area (Å²) in [6.45, 7) is 8.17. The van der Waals surface area contributed by atoms with E-state index in [1.165, 1.54) is 19.3 Å². The molecule has 20 heavy (non-hydrogen) atoms. The third-order valence-corrected chi connectivity index (χ3v) is 4.98. The van der Waals surface area contributed by atoms with E-state index in [0.717, 1.165) is 64.4 Å². The Bertz CT molecular complexity index is 292. The van der Waals surface area contributed by atoms with Crippen LogP contribution in [-0.2, 0) is 4.79 Å². The highest BCUT2D eigenvalue weighted by Gasteiger charge is 2.29. The largest absolute Gasteiger partial charge is 0.340 e. The molecule has 0 radical (unpaired) electrons. The minimum absolute atomic E-state index is 0.315. The van der Waals surface area contributed by atoms with Crippen LogP contribution in [0, 0.1) is 11.8 Å². The second kappa shape index (κ2) is 7.99. The number of nitrogens with two attached hydrogens (primary N) is 1. The fourth-order valence-corrected chi connectivity index (χ4v) is 3.44. The monoisotopic (exact) mass is 281 g/mol. The molecule has 1 amide bonds. The summed E-state index contributed by atoms with van der Waals surface area (Å²) in [5.41, 5.74) is 5.53. The van der Waals surface area contributed by atoms with Gasteiger partial charge in [-0.3, -0.25) is 9.69 Å². The molecule has 2 fully saturated rings. The molecule has 0 aromatic rings. The normalized spacial score (nSPS) is 28.6. The zero-order chi connectivity index (χ0) is 14.4. The lowest BCUT2D eigenvalue weighted by Crippen LogP contribution is -2.50. The Hall–Kier alpha value is -0.610. The van der Waals surface area contributed by atoms with Crippen LogP contribution < -0.4 is 5.73 Å². The minimum Gasteiger partial charge on any atom is -0.340 e. The van der Waals surface area contributed by atoms with Crippen LogP contribution in [0.1, 0.15) is 45.4 Å². The van der Waals surface area contributed by atoms with Crippen molar-refractivity contribution in [2.24, 2.45) is 17.6 Å². The van der Waals surface area contributed by atoms with E-state index in [2.05, 4.69) is 16.7 Å². The Labute approximate surface area is 123 Å². The van der Waals surface area contributed by atoms with Crippen molar-refractivity contribution in [3.05, 3.63) is 0 Å². The van der Waals surface area contributed by atoms with E-state index in [9.17, 15) is 4.79 Å². The smallest absolute Gasteiger partial charge is 0.225 e. The van der Waals surface area contributed by atoms with Gasteiger partial charge in [-0.2, -0.15) is 0 Å². The molecule has 0 spiro atoms. The molecule has 0 atom stereocenters. The molecule has 1 aliphatic carbocycles. The van der Waals surface area contributed by atoms with Crippen molar-refractivity contribution >= 4 is 5.91 Å². The van der Waals surface area contributed by atoms with E-state index in [0.29, 0.717) is 11.8 Å². The summed E-state index contributed by atoms with van der Waals surface area (Å²) in [4.78, 5) is 17.1. The number of hydrogen-bond donors (Lipinski definition) is 1. The lowest BCUT2D eigenvalue weighted by atomic mass is 9.82. The maximum atomic E-state index is 12.5. The lowest BCUT2D eigenvalue weighted by molar-refractivity contribution is -0.138. The van der Waals surface area contributed by atoms with Gasteiger partial charge < -0.3 is 10.6 Å². The molecule has 0 unspecified atom stereocenters. The molecule has 1 saturated carbocycles. The number of hydrogen-bond acceptors (Lipinski definition) is 3. The second-order valence-corrected chi connectivity index (χ2v) is 6.62. The van der Waals surface area contributed by atoms with Gasteiger partial charge in [-0.25, -0.2) is 0 Å². The molecular weight excluding hydrogens is 250 g/mol. The summed E-state index contributed by atoms with van der Waals surface area (Å²) in [7, 11) is 0. The number of rotatable bonds is 5. The topological polar surface area (TPSA) is 49.6 Å². The first-order valence-corrected chi connectivity index (χ1v) is 8.42. The van der Waals surface area contributed by atoms with Gasteiger partial charge in [0.2, 0.25) is 5.91 Å². The molecule has 4 nitrogen and oxygen atoms in total. The van der Waals surface area contributed by atoms with E-state index >= 15 is 0 Å². The highest BCUT2D eigenvalue weighted by atomic mass is 16.2. The highest BCUT2D eigenvalue weighted by Crippen LogP contribution is 2.29. The predicted octanol–water partition coefficient (Wildman–Crippen LogP) is 1.70. The zero-order valence-electron chi connectivity index (χ0n) is 13.0. The van der Waals surface area contributed by atoms with Crippen LogP contribution in [0.15, 0.2) is 0 Å². The summed E-state index contributed by atoms with van der Waals surface area (Å²) in [6.07, 6.45) is 6.97. The Morgan fingerprint density at radius 1 is 1.05 bits per heavy atom. The van der Waals surface area contributed by atoms with Crippen LogP contribution in [0.3, 0.4) is 0 Å². The molecule has 2 N–H and O–H groups in total.